The number of aromatic nitrogens is 3. The number of nitrogens with zero attached hydrogens (tertiary/aromatic N) is 3. The molecule has 3 atom stereocenters. The second-order valence-electron chi connectivity index (χ2n) is 8.42. The molecule has 0 saturated carbocycles. The average molecular weight is 362 g/mol. The maximum Gasteiger partial charge on any atom is 0.225 e. The number of amides is 1. The summed E-state index contributed by atoms with van der Waals surface area (Å²) in [5, 5.41) is 8.18. The summed E-state index contributed by atoms with van der Waals surface area (Å²) in [6, 6.07) is 9.69. The first-order chi connectivity index (χ1) is 13.1. The van der Waals surface area contributed by atoms with E-state index in [0.29, 0.717) is 23.9 Å². The number of aromatic amines is 1. The van der Waals surface area contributed by atoms with E-state index in [-0.39, 0.29) is 5.92 Å². The van der Waals surface area contributed by atoms with E-state index in [1.54, 1.807) is 0 Å². The van der Waals surface area contributed by atoms with E-state index < -0.39 is 0 Å². The molecule has 5 rings (SSSR count). The zero-order valence-corrected chi connectivity index (χ0v) is 15.9. The monoisotopic (exact) mass is 362 g/mol. The minimum atomic E-state index is 0.0978. The zero-order chi connectivity index (χ0) is 18.5. The minimum absolute atomic E-state index is 0.0978. The molecule has 2 bridgehead atoms. The van der Waals surface area contributed by atoms with Crippen LogP contribution in [0.5, 0.6) is 0 Å². The topological polar surface area (TPSA) is 53.9 Å². The molecule has 3 unspecified atom stereocenters. The molecule has 140 valence electrons. The molecule has 5 nitrogen and oxygen atoms in total. The fourth-order valence-corrected chi connectivity index (χ4v) is 5.15. The third kappa shape index (κ3) is 2.68. The largest absolute Gasteiger partial charge is 0.347 e. The van der Waals surface area contributed by atoms with Crippen molar-refractivity contribution >= 4 is 16.8 Å². The molecule has 2 aliphatic rings. The normalized spacial score (nSPS) is 24.4. The summed E-state index contributed by atoms with van der Waals surface area (Å²) in [5.41, 5.74) is 3.56. The van der Waals surface area contributed by atoms with Crippen LogP contribution in [-0.4, -0.2) is 37.7 Å². The lowest BCUT2D eigenvalue weighted by atomic mass is 9.89. The van der Waals surface area contributed by atoms with Gasteiger partial charge in [0.25, 0.3) is 0 Å². The van der Waals surface area contributed by atoms with Crippen LogP contribution >= 0.6 is 0 Å². The van der Waals surface area contributed by atoms with Gasteiger partial charge in [-0.05, 0) is 48.9 Å². The van der Waals surface area contributed by atoms with Gasteiger partial charge in [-0.1, -0.05) is 19.9 Å². The van der Waals surface area contributed by atoms with Gasteiger partial charge in [0.15, 0.2) is 0 Å². The maximum absolute atomic E-state index is 12.6. The van der Waals surface area contributed by atoms with E-state index in [9.17, 15) is 4.79 Å². The van der Waals surface area contributed by atoms with Crippen molar-refractivity contribution in [2.75, 3.05) is 0 Å². The Balaban J connectivity index is 1.39. The van der Waals surface area contributed by atoms with E-state index in [0.717, 1.165) is 24.9 Å². The van der Waals surface area contributed by atoms with Gasteiger partial charge in [0.05, 0.1) is 6.20 Å². The number of fused-ring (bicyclic) bond motifs is 3. The Bertz CT molecular complexity index is 972. The molecule has 0 radical (unpaired) electrons. The third-order valence-electron chi connectivity index (χ3n) is 6.45. The Hall–Kier alpha value is -2.56. The molecule has 5 heteroatoms. The van der Waals surface area contributed by atoms with Crippen LogP contribution in [0.2, 0.25) is 0 Å². The summed E-state index contributed by atoms with van der Waals surface area (Å²) >= 11 is 0. The van der Waals surface area contributed by atoms with Gasteiger partial charge in [-0.15, -0.1) is 0 Å². The smallest absolute Gasteiger partial charge is 0.225 e. The summed E-state index contributed by atoms with van der Waals surface area (Å²) in [4.78, 5) is 14.8. The maximum atomic E-state index is 12.6. The Morgan fingerprint density at radius 2 is 2.15 bits per heavy atom. The molecule has 1 N–H and O–H groups in total. The first kappa shape index (κ1) is 16.6. The second kappa shape index (κ2) is 6.25. The number of carbonyl (C=O) groups excluding carboxylic acids is 1. The van der Waals surface area contributed by atoms with Gasteiger partial charge in [-0.25, -0.2) is 0 Å². The van der Waals surface area contributed by atoms with Crippen LogP contribution in [0.4, 0.5) is 0 Å². The molecule has 3 aromatic rings. The summed E-state index contributed by atoms with van der Waals surface area (Å²) in [5.74, 6) is 1.00. The highest BCUT2D eigenvalue weighted by Gasteiger charge is 2.48. The van der Waals surface area contributed by atoms with Crippen LogP contribution in [0.25, 0.3) is 22.0 Å². The van der Waals surface area contributed by atoms with Crippen molar-refractivity contribution in [3.05, 3.63) is 42.9 Å². The van der Waals surface area contributed by atoms with Crippen LogP contribution < -0.4 is 0 Å². The van der Waals surface area contributed by atoms with Crippen molar-refractivity contribution in [3.63, 3.8) is 0 Å². The van der Waals surface area contributed by atoms with Crippen LogP contribution in [0.15, 0.2) is 42.9 Å². The van der Waals surface area contributed by atoms with Crippen molar-refractivity contribution < 1.29 is 4.79 Å². The Morgan fingerprint density at radius 1 is 1.26 bits per heavy atom. The predicted octanol–water partition coefficient (Wildman–Crippen LogP) is 4.07. The fourth-order valence-electron chi connectivity index (χ4n) is 5.15. The molecular weight excluding hydrogens is 336 g/mol. The van der Waals surface area contributed by atoms with Crippen molar-refractivity contribution in [2.45, 2.75) is 51.7 Å². The van der Waals surface area contributed by atoms with E-state index in [1.807, 2.05) is 26.2 Å². The van der Waals surface area contributed by atoms with Gasteiger partial charge >= 0.3 is 0 Å². The fraction of sp³-hybridized carbons (Fsp3) is 0.455. The van der Waals surface area contributed by atoms with Crippen molar-refractivity contribution in [2.24, 2.45) is 11.8 Å². The van der Waals surface area contributed by atoms with E-state index in [2.05, 4.69) is 50.1 Å². The van der Waals surface area contributed by atoms with Crippen LogP contribution in [-0.2, 0) is 11.3 Å². The molecule has 1 aromatic carbocycles. The Morgan fingerprint density at radius 3 is 2.93 bits per heavy atom. The highest BCUT2D eigenvalue weighted by atomic mass is 16.2. The number of benzene rings is 1. The molecule has 2 fully saturated rings. The highest BCUT2D eigenvalue weighted by Crippen LogP contribution is 2.43. The summed E-state index contributed by atoms with van der Waals surface area (Å²) in [7, 11) is 0. The molecule has 0 spiro atoms. The highest BCUT2D eigenvalue weighted by molar-refractivity contribution is 5.85. The number of carbonyl (C=O) groups is 1. The number of nitrogens with one attached hydrogen (secondary N) is 1. The third-order valence-corrected chi connectivity index (χ3v) is 6.45. The van der Waals surface area contributed by atoms with Gasteiger partial charge < -0.3 is 9.47 Å². The van der Waals surface area contributed by atoms with E-state index in [4.69, 9.17) is 0 Å². The summed E-state index contributed by atoms with van der Waals surface area (Å²) in [6.07, 6.45) is 9.47. The second-order valence-corrected chi connectivity index (χ2v) is 8.42. The zero-order valence-electron chi connectivity index (χ0n) is 15.9. The lowest BCUT2D eigenvalue weighted by molar-refractivity contribution is -0.135. The summed E-state index contributed by atoms with van der Waals surface area (Å²) in [6.45, 7) is 5.04. The van der Waals surface area contributed by atoms with Crippen LogP contribution in [0, 0.1) is 11.8 Å². The van der Waals surface area contributed by atoms with E-state index >= 15 is 0 Å². The molecule has 2 aromatic heterocycles. The first-order valence-electron chi connectivity index (χ1n) is 10.0. The lowest BCUT2D eigenvalue weighted by Gasteiger charge is -2.26. The molecule has 1 amide bonds. The van der Waals surface area contributed by atoms with Crippen LogP contribution in [0.1, 0.15) is 33.1 Å². The number of H-pyrrole nitrogens is 1. The average Bonchev–Trinajstić information content (AvgIpc) is 3.44. The van der Waals surface area contributed by atoms with E-state index in [1.165, 1.54) is 22.9 Å². The predicted molar refractivity (Wildman–Crippen MR) is 106 cm³/mol. The lowest BCUT2D eigenvalue weighted by Crippen LogP contribution is -2.39. The SMILES string of the molecule is CC(C)C(=O)N1C2CCC1C(Cn1ccc3cc(-c4cn[nH]c4)ccc31)C2. The molecule has 0 aliphatic carbocycles. The molecular formula is C22H26N4O. The Kier molecular flexibility index (Phi) is 3.85. The minimum Gasteiger partial charge on any atom is -0.347 e. The molecule has 27 heavy (non-hydrogen) atoms. The van der Waals surface area contributed by atoms with Gasteiger partial charge in [0, 0.05) is 53.4 Å². The quantitative estimate of drug-likeness (QED) is 0.761. The van der Waals surface area contributed by atoms with Crippen molar-refractivity contribution in [1.29, 1.82) is 0 Å². The molecule has 4 heterocycles. The molecule has 2 aliphatic heterocycles. The molecule has 2 saturated heterocycles. The first-order valence-corrected chi connectivity index (χ1v) is 10.0. The van der Waals surface area contributed by atoms with Crippen LogP contribution in [0.3, 0.4) is 0 Å². The Labute approximate surface area is 159 Å². The van der Waals surface area contributed by atoms with Gasteiger partial charge in [-0.3, -0.25) is 9.89 Å². The van der Waals surface area contributed by atoms with Crippen molar-refractivity contribution in [3.8, 4) is 11.1 Å². The number of hydrogen-bond donors (Lipinski definition) is 1. The van der Waals surface area contributed by atoms with Gasteiger partial charge in [0.2, 0.25) is 5.91 Å². The van der Waals surface area contributed by atoms with Crippen molar-refractivity contribution in [1.82, 2.24) is 19.7 Å². The van der Waals surface area contributed by atoms with Gasteiger partial charge in [0.1, 0.15) is 0 Å². The standard InChI is InChI=1S/C22H26N4O/c1-14(2)22(27)26-19-4-6-21(26)17(10-19)13-25-8-7-16-9-15(3-5-20(16)25)18-11-23-24-12-18/h3,5,7-9,11-12,14,17,19,21H,4,6,10,13H2,1-2H3,(H,23,24). The van der Waals surface area contributed by atoms with Gasteiger partial charge in [-0.2, -0.15) is 5.10 Å². The number of rotatable bonds is 4. The summed E-state index contributed by atoms with van der Waals surface area (Å²) < 4.78 is 2.37. The number of hydrogen-bond acceptors (Lipinski definition) is 2.